The Balaban J connectivity index is 1.68. The van der Waals surface area contributed by atoms with Crippen LogP contribution in [-0.2, 0) is 6.54 Å². The number of hydrogen-bond donors (Lipinski definition) is 1. The fourth-order valence-electron chi connectivity index (χ4n) is 3.34. The molecule has 0 atom stereocenters. The van der Waals surface area contributed by atoms with Gasteiger partial charge in [0.25, 0.3) is 5.91 Å². The standard InChI is InChI=1S/C20H24N6O2S/c1-12-7-21-16-14(18(27)22-10-20(29-4)5-6-20)8-26(17(16)25-12)9-15-13(2)19(28-3)24-11-23-15/h7-8,11H,5-6,9-10H2,1-4H3,(H,22,27). The fraction of sp³-hybridized carbons (Fsp3) is 0.450. The number of amides is 1. The summed E-state index contributed by atoms with van der Waals surface area (Å²) in [5.41, 5.74) is 4.25. The third-order valence-corrected chi connectivity index (χ3v) is 6.82. The first-order valence-corrected chi connectivity index (χ1v) is 10.7. The number of nitrogens with zero attached hydrogens (tertiary/aromatic N) is 5. The molecule has 0 unspecified atom stereocenters. The highest BCUT2D eigenvalue weighted by molar-refractivity contribution is 8.00. The molecule has 3 aromatic rings. The molecular formula is C20H24N6O2S. The summed E-state index contributed by atoms with van der Waals surface area (Å²) in [6, 6.07) is 0. The van der Waals surface area contributed by atoms with Crippen LogP contribution in [0.25, 0.3) is 11.2 Å². The summed E-state index contributed by atoms with van der Waals surface area (Å²) in [4.78, 5) is 30.6. The Kier molecular flexibility index (Phi) is 5.16. The molecule has 1 N–H and O–H groups in total. The third kappa shape index (κ3) is 3.78. The van der Waals surface area contributed by atoms with Gasteiger partial charge in [0.05, 0.1) is 30.6 Å². The van der Waals surface area contributed by atoms with E-state index in [0.29, 0.717) is 35.7 Å². The lowest BCUT2D eigenvalue weighted by molar-refractivity contribution is 0.0954. The zero-order valence-electron chi connectivity index (χ0n) is 17.0. The SMILES string of the molecule is COc1ncnc(Cn2cc(C(=O)NCC3(SC)CC3)c3ncc(C)nc32)c1C. The summed E-state index contributed by atoms with van der Waals surface area (Å²) >= 11 is 1.82. The van der Waals surface area contributed by atoms with Crippen molar-refractivity contribution in [2.24, 2.45) is 0 Å². The first-order valence-electron chi connectivity index (χ1n) is 9.46. The summed E-state index contributed by atoms with van der Waals surface area (Å²) < 4.78 is 7.42. The molecule has 1 aliphatic carbocycles. The Bertz CT molecular complexity index is 1080. The minimum absolute atomic E-state index is 0.121. The molecular weight excluding hydrogens is 388 g/mol. The minimum atomic E-state index is -0.121. The van der Waals surface area contributed by atoms with Crippen molar-refractivity contribution in [2.75, 3.05) is 19.9 Å². The van der Waals surface area contributed by atoms with E-state index in [0.717, 1.165) is 29.8 Å². The maximum atomic E-state index is 12.9. The van der Waals surface area contributed by atoms with Crippen LogP contribution in [0.3, 0.4) is 0 Å². The average molecular weight is 413 g/mol. The highest BCUT2D eigenvalue weighted by Gasteiger charge is 2.42. The second-order valence-electron chi connectivity index (χ2n) is 7.38. The van der Waals surface area contributed by atoms with Gasteiger partial charge >= 0.3 is 0 Å². The number of rotatable bonds is 7. The molecule has 0 saturated heterocycles. The van der Waals surface area contributed by atoms with Crippen LogP contribution < -0.4 is 10.1 Å². The molecule has 8 nitrogen and oxygen atoms in total. The lowest BCUT2D eigenvalue weighted by atomic mass is 10.2. The number of fused-ring (bicyclic) bond motifs is 1. The van der Waals surface area contributed by atoms with Gasteiger partial charge in [0.1, 0.15) is 11.8 Å². The van der Waals surface area contributed by atoms with Crippen LogP contribution in [0.15, 0.2) is 18.7 Å². The van der Waals surface area contributed by atoms with Crippen molar-refractivity contribution in [1.29, 1.82) is 0 Å². The second kappa shape index (κ2) is 7.62. The van der Waals surface area contributed by atoms with Crippen LogP contribution in [0.4, 0.5) is 0 Å². The van der Waals surface area contributed by atoms with E-state index >= 15 is 0 Å². The van der Waals surface area contributed by atoms with Gasteiger partial charge in [0, 0.05) is 29.2 Å². The predicted molar refractivity (Wildman–Crippen MR) is 113 cm³/mol. The molecule has 3 heterocycles. The van der Waals surface area contributed by atoms with E-state index in [1.54, 1.807) is 13.3 Å². The highest BCUT2D eigenvalue weighted by Crippen LogP contribution is 2.46. The maximum Gasteiger partial charge on any atom is 0.255 e. The number of hydrogen-bond acceptors (Lipinski definition) is 7. The van der Waals surface area contributed by atoms with Gasteiger partial charge in [-0.3, -0.25) is 9.78 Å². The van der Waals surface area contributed by atoms with Crippen LogP contribution in [0.5, 0.6) is 5.88 Å². The number of thioether (sulfide) groups is 1. The smallest absolute Gasteiger partial charge is 0.255 e. The molecule has 0 spiro atoms. The molecule has 4 rings (SSSR count). The van der Waals surface area contributed by atoms with Gasteiger partial charge in [0.2, 0.25) is 5.88 Å². The van der Waals surface area contributed by atoms with Crippen LogP contribution in [0, 0.1) is 13.8 Å². The topological polar surface area (TPSA) is 94.8 Å². The van der Waals surface area contributed by atoms with E-state index in [-0.39, 0.29) is 10.7 Å². The van der Waals surface area contributed by atoms with Gasteiger partial charge < -0.3 is 14.6 Å². The van der Waals surface area contributed by atoms with E-state index in [1.807, 2.05) is 36.4 Å². The largest absolute Gasteiger partial charge is 0.481 e. The van der Waals surface area contributed by atoms with Gasteiger partial charge in [0.15, 0.2) is 5.65 Å². The zero-order chi connectivity index (χ0) is 20.6. The molecule has 9 heteroatoms. The first kappa shape index (κ1) is 19.6. The number of methoxy groups -OCH3 is 1. The molecule has 0 aliphatic heterocycles. The predicted octanol–water partition coefficient (Wildman–Crippen LogP) is 2.52. The van der Waals surface area contributed by atoms with Crippen molar-refractivity contribution in [3.63, 3.8) is 0 Å². The van der Waals surface area contributed by atoms with Crippen molar-refractivity contribution < 1.29 is 9.53 Å². The number of carbonyl (C=O) groups is 1. The number of aryl methyl sites for hydroxylation is 1. The second-order valence-corrected chi connectivity index (χ2v) is 8.65. The Morgan fingerprint density at radius 1 is 1.31 bits per heavy atom. The van der Waals surface area contributed by atoms with Gasteiger partial charge in [-0.05, 0) is 32.9 Å². The van der Waals surface area contributed by atoms with E-state index in [2.05, 4.69) is 31.5 Å². The Hall–Kier alpha value is -2.68. The summed E-state index contributed by atoms with van der Waals surface area (Å²) in [7, 11) is 1.59. The quantitative estimate of drug-likeness (QED) is 0.637. The minimum Gasteiger partial charge on any atom is -0.481 e. The normalized spacial score (nSPS) is 14.8. The number of nitrogens with one attached hydrogen (secondary N) is 1. The van der Waals surface area contributed by atoms with Crippen molar-refractivity contribution >= 4 is 28.8 Å². The van der Waals surface area contributed by atoms with Crippen molar-refractivity contribution in [1.82, 2.24) is 29.8 Å². The molecule has 3 aromatic heterocycles. The summed E-state index contributed by atoms with van der Waals surface area (Å²) in [6.07, 6.45) is 9.36. The van der Waals surface area contributed by atoms with E-state index in [4.69, 9.17) is 4.74 Å². The molecule has 0 aromatic carbocycles. The summed E-state index contributed by atoms with van der Waals surface area (Å²) in [5, 5.41) is 3.08. The molecule has 0 radical (unpaired) electrons. The van der Waals surface area contributed by atoms with Crippen LogP contribution in [0.2, 0.25) is 0 Å². The monoisotopic (exact) mass is 412 g/mol. The van der Waals surface area contributed by atoms with Crippen LogP contribution in [-0.4, -0.2) is 55.1 Å². The van der Waals surface area contributed by atoms with Crippen LogP contribution in [0.1, 0.15) is 40.2 Å². The Morgan fingerprint density at radius 2 is 2.10 bits per heavy atom. The Morgan fingerprint density at radius 3 is 2.79 bits per heavy atom. The molecule has 152 valence electrons. The average Bonchev–Trinajstić information content (AvgIpc) is 3.43. The van der Waals surface area contributed by atoms with Gasteiger partial charge in [-0.15, -0.1) is 0 Å². The maximum absolute atomic E-state index is 12.9. The van der Waals surface area contributed by atoms with E-state index in [9.17, 15) is 4.79 Å². The van der Waals surface area contributed by atoms with Crippen LogP contribution >= 0.6 is 11.8 Å². The number of carbonyl (C=O) groups excluding carboxylic acids is 1. The van der Waals surface area contributed by atoms with Gasteiger partial charge in [-0.25, -0.2) is 15.0 Å². The fourth-order valence-corrected chi connectivity index (χ4v) is 4.07. The van der Waals surface area contributed by atoms with Crippen molar-refractivity contribution in [2.45, 2.75) is 38.0 Å². The molecule has 1 saturated carbocycles. The summed E-state index contributed by atoms with van der Waals surface area (Å²) in [6.45, 7) is 4.92. The lowest BCUT2D eigenvalue weighted by Crippen LogP contribution is -2.31. The van der Waals surface area contributed by atoms with Crippen molar-refractivity contribution in [3.8, 4) is 5.88 Å². The first-order chi connectivity index (χ1) is 14.0. The molecule has 0 bridgehead atoms. The molecule has 1 aliphatic rings. The zero-order valence-corrected chi connectivity index (χ0v) is 17.8. The van der Waals surface area contributed by atoms with E-state index in [1.165, 1.54) is 6.33 Å². The van der Waals surface area contributed by atoms with Gasteiger partial charge in [-0.1, -0.05) is 0 Å². The molecule has 1 amide bonds. The summed E-state index contributed by atoms with van der Waals surface area (Å²) in [5.74, 6) is 0.419. The van der Waals surface area contributed by atoms with Crippen molar-refractivity contribution in [3.05, 3.63) is 41.2 Å². The molecule has 29 heavy (non-hydrogen) atoms. The van der Waals surface area contributed by atoms with Gasteiger partial charge in [-0.2, -0.15) is 11.8 Å². The molecule has 1 fully saturated rings. The van der Waals surface area contributed by atoms with E-state index < -0.39 is 0 Å². The third-order valence-electron chi connectivity index (χ3n) is 5.40. The Labute approximate surface area is 173 Å². The lowest BCUT2D eigenvalue weighted by Gasteiger charge is -2.12. The number of aromatic nitrogens is 5. The highest BCUT2D eigenvalue weighted by atomic mass is 32.2. The number of ether oxygens (including phenoxy) is 1.